The number of nitrogens with one attached hydrogen (secondary N) is 1. The summed E-state index contributed by atoms with van der Waals surface area (Å²) in [5, 5.41) is 33.8. The Balaban J connectivity index is 0. The summed E-state index contributed by atoms with van der Waals surface area (Å²) in [6.07, 6.45) is 0. The number of hydrogen-bond donors (Lipinski definition) is 1. The number of anilines is 1. The molecule has 0 aliphatic carbocycles. The number of rotatable bonds is 6. The van der Waals surface area contributed by atoms with E-state index in [-0.39, 0.29) is 105 Å². The zero-order valence-corrected chi connectivity index (χ0v) is 22.1. The van der Waals surface area contributed by atoms with Crippen molar-refractivity contribution in [3.8, 4) is 16.2 Å². The van der Waals surface area contributed by atoms with Crippen molar-refractivity contribution in [3.05, 3.63) is 35.2 Å². The molecule has 2 rings (SSSR count). The van der Waals surface area contributed by atoms with Gasteiger partial charge >= 0.3 is 88.7 Å². The molecule has 0 radical (unpaired) electrons. The zero-order chi connectivity index (χ0) is 18.6. The maximum absolute atomic E-state index is 11.2. The molecule has 0 unspecified atom stereocenters. The quantitative estimate of drug-likeness (QED) is 0.349. The van der Waals surface area contributed by atoms with Crippen molar-refractivity contribution in [2.45, 2.75) is 0 Å². The summed E-state index contributed by atoms with van der Waals surface area (Å²) in [6.45, 7) is -0.618. The van der Waals surface area contributed by atoms with Crippen molar-refractivity contribution >= 4 is 40.8 Å². The Kier molecular flexibility index (Phi) is 14.6. The number of carboxylic acids is 3. The Bertz CT molecular complexity index is 853. The minimum absolute atomic E-state index is 0. The molecular formula is C15H8NNa3O8S. The van der Waals surface area contributed by atoms with Crippen LogP contribution in [0.4, 0.5) is 5.69 Å². The molecule has 1 amide bonds. The Hall–Kier alpha value is -0.400. The van der Waals surface area contributed by atoms with E-state index in [0.29, 0.717) is 10.4 Å². The minimum atomic E-state index is -2.01. The number of carboxylic acid groups (broad SMARTS) is 3. The monoisotopic (exact) mass is 431 g/mol. The fourth-order valence-electron chi connectivity index (χ4n) is 1.81. The molecule has 0 aliphatic heterocycles. The summed E-state index contributed by atoms with van der Waals surface area (Å²) in [5.74, 6) is -6.20. The second-order valence-corrected chi connectivity index (χ2v) is 5.62. The van der Waals surface area contributed by atoms with E-state index >= 15 is 0 Å². The fourth-order valence-corrected chi connectivity index (χ4v) is 2.76. The summed E-state index contributed by atoms with van der Waals surface area (Å²) >= 11 is 0.763. The molecule has 2 aromatic rings. The van der Waals surface area contributed by atoms with Crippen LogP contribution in [0, 0.1) is 0 Å². The Morgan fingerprint density at radius 1 is 0.964 bits per heavy atom. The number of ether oxygens (including phenoxy) is 1. The van der Waals surface area contributed by atoms with Gasteiger partial charge in [0.25, 0.3) is 5.91 Å². The van der Waals surface area contributed by atoms with Gasteiger partial charge in [-0.3, -0.25) is 4.79 Å². The van der Waals surface area contributed by atoms with Crippen LogP contribution in [-0.4, -0.2) is 30.4 Å². The van der Waals surface area contributed by atoms with Crippen LogP contribution < -0.4 is 114 Å². The molecule has 1 aromatic heterocycles. The smallest absolute Gasteiger partial charge is 0.546 e. The third-order valence-electron chi connectivity index (χ3n) is 2.85. The number of carbonyl (C=O) groups is 4. The van der Waals surface area contributed by atoms with Gasteiger partial charge in [-0.2, -0.15) is 0 Å². The van der Waals surface area contributed by atoms with Gasteiger partial charge in [-0.25, -0.2) is 0 Å². The van der Waals surface area contributed by atoms with Crippen LogP contribution in [0.3, 0.4) is 0 Å². The number of aromatic carboxylic acids is 1. The summed E-state index contributed by atoms with van der Waals surface area (Å²) in [4.78, 5) is 43.1. The van der Waals surface area contributed by atoms with E-state index in [0.717, 1.165) is 11.3 Å². The minimum Gasteiger partial charge on any atom is -0.546 e. The summed E-state index contributed by atoms with van der Waals surface area (Å²) in [6, 6.07) is 7.24. The maximum Gasteiger partial charge on any atom is 1.00 e. The van der Waals surface area contributed by atoms with E-state index in [1.54, 1.807) is 0 Å². The average Bonchev–Trinajstić information content (AvgIpc) is 2.97. The van der Waals surface area contributed by atoms with E-state index in [1.807, 2.05) is 5.32 Å². The van der Waals surface area contributed by atoms with E-state index in [1.165, 1.54) is 30.3 Å². The first-order valence-electron chi connectivity index (χ1n) is 6.58. The third kappa shape index (κ3) is 8.54. The van der Waals surface area contributed by atoms with Gasteiger partial charge in [-0.15, -0.1) is 11.3 Å². The molecule has 28 heavy (non-hydrogen) atoms. The van der Waals surface area contributed by atoms with Gasteiger partial charge in [0.1, 0.15) is 18.3 Å². The normalized spacial score (nSPS) is 9.00. The SMILES string of the molecule is O=C([O-])COc1ccc(-c2cc(NC(=O)C(=O)[O-])c(C(=O)[O-])s2)cc1.[Na+].[Na+].[Na+]. The molecule has 0 aliphatic rings. The number of carbonyl (C=O) groups excluding carboxylic acids is 4. The zero-order valence-electron chi connectivity index (χ0n) is 15.3. The average molecular weight is 431 g/mol. The van der Waals surface area contributed by atoms with E-state index in [4.69, 9.17) is 4.74 Å². The van der Waals surface area contributed by atoms with Crippen LogP contribution in [0.2, 0.25) is 0 Å². The molecule has 0 saturated heterocycles. The molecule has 0 bridgehead atoms. The van der Waals surface area contributed by atoms with Crippen molar-refractivity contribution in [1.29, 1.82) is 0 Å². The fraction of sp³-hybridized carbons (Fsp3) is 0.0667. The third-order valence-corrected chi connectivity index (χ3v) is 4.01. The summed E-state index contributed by atoms with van der Waals surface area (Å²) in [7, 11) is 0. The van der Waals surface area contributed by atoms with Gasteiger partial charge in [0, 0.05) is 4.88 Å². The molecule has 130 valence electrons. The second-order valence-electron chi connectivity index (χ2n) is 4.57. The molecule has 1 heterocycles. The molecule has 1 N–H and O–H groups in total. The first kappa shape index (κ1) is 29.8. The first-order valence-corrected chi connectivity index (χ1v) is 7.40. The molecule has 9 nitrogen and oxygen atoms in total. The molecular weight excluding hydrogens is 423 g/mol. The summed E-state index contributed by atoms with van der Waals surface area (Å²) < 4.78 is 4.91. The van der Waals surface area contributed by atoms with Gasteiger partial charge in [0.05, 0.1) is 22.5 Å². The predicted molar refractivity (Wildman–Crippen MR) is 78.2 cm³/mol. The number of benzene rings is 1. The topological polar surface area (TPSA) is 159 Å². The molecule has 0 atom stereocenters. The van der Waals surface area contributed by atoms with Gasteiger partial charge in [-0.05, 0) is 35.9 Å². The van der Waals surface area contributed by atoms with Crippen molar-refractivity contribution in [3.63, 3.8) is 0 Å². The molecule has 13 heteroatoms. The van der Waals surface area contributed by atoms with Crippen molar-refractivity contribution in [1.82, 2.24) is 0 Å². The molecule has 0 fully saturated rings. The van der Waals surface area contributed by atoms with Crippen LogP contribution >= 0.6 is 11.3 Å². The first-order chi connectivity index (χ1) is 11.8. The van der Waals surface area contributed by atoms with E-state index in [2.05, 4.69) is 0 Å². The number of thiophene rings is 1. The van der Waals surface area contributed by atoms with Crippen LogP contribution in [0.25, 0.3) is 10.4 Å². The van der Waals surface area contributed by atoms with Crippen molar-refractivity contribution in [2.75, 3.05) is 11.9 Å². The van der Waals surface area contributed by atoms with Gasteiger partial charge in [0.15, 0.2) is 0 Å². The Morgan fingerprint density at radius 3 is 2.00 bits per heavy atom. The van der Waals surface area contributed by atoms with Gasteiger partial charge < -0.3 is 39.8 Å². The van der Waals surface area contributed by atoms with E-state index < -0.39 is 30.4 Å². The van der Waals surface area contributed by atoms with Crippen LogP contribution in [-0.2, 0) is 14.4 Å². The molecule has 1 aromatic carbocycles. The maximum atomic E-state index is 11.2. The predicted octanol–water partition coefficient (Wildman–Crippen LogP) is -11.4. The number of amides is 1. The molecule has 0 spiro atoms. The van der Waals surface area contributed by atoms with Crippen molar-refractivity contribution in [2.24, 2.45) is 0 Å². The van der Waals surface area contributed by atoms with Gasteiger partial charge in [-0.1, -0.05) is 0 Å². The standard InChI is InChI=1S/C15H11NO8S.3Na/c17-11(18)6-24-8-3-1-7(2-4-8)10-5-9(12(25-10)14(20)21)16-13(19)15(22)23;;;/h1-5H,6H2,(H,16,19)(H,17,18)(H,20,21)(H,22,23);;;/q;3*+1/p-3. The van der Waals surface area contributed by atoms with E-state index in [9.17, 15) is 34.5 Å². The summed E-state index contributed by atoms with van der Waals surface area (Å²) in [5.41, 5.74) is 0.300. The van der Waals surface area contributed by atoms with Crippen LogP contribution in [0.1, 0.15) is 9.67 Å². The largest absolute Gasteiger partial charge is 1.00 e. The molecule has 0 saturated carbocycles. The second kappa shape index (κ2) is 13.8. The van der Waals surface area contributed by atoms with Crippen LogP contribution in [0.5, 0.6) is 5.75 Å². The Morgan fingerprint density at radius 2 is 1.54 bits per heavy atom. The van der Waals surface area contributed by atoms with Crippen molar-refractivity contribution < 1.29 is 128 Å². The Labute approximate surface area is 229 Å². The van der Waals surface area contributed by atoms with Gasteiger partial charge in [0.2, 0.25) is 0 Å². The van der Waals surface area contributed by atoms with Crippen LogP contribution in [0.15, 0.2) is 30.3 Å². The number of hydrogen-bond acceptors (Lipinski definition) is 9. The number of aliphatic carboxylic acids is 2.